The van der Waals surface area contributed by atoms with E-state index in [0.717, 1.165) is 22.0 Å². The van der Waals surface area contributed by atoms with Crippen LogP contribution >= 0.6 is 0 Å². The number of carbonyl (C=O) groups is 1. The molecular weight excluding hydrogens is 360 g/mol. The van der Waals surface area contributed by atoms with E-state index >= 15 is 0 Å². The van der Waals surface area contributed by atoms with Crippen molar-refractivity contribution in [2.24, 2.45) is 0 Å². The van der Waals surface area contributed by atoms with Crippen molar-refractivity contribution >= 4 is 22.0 Å². The molecule has 2 aromatic carbocycles. The van der Waals surface area contributed by atoms with Gasteiger partial charge in [0.1, 0.15) is 6.29 Å². The minimum Gasteiger partial charge on any atom is -0.375 e. The molecule has 0 aliphatic carbocycles. The van der Waals surface area contributed by atoms with E-state index in [1.54, 1.807) is 0 Å². The fourth-order valence-electron chi connectivity index (χ4n) is 2.75. The monoisotopic (exact) mass is 376 g/mol. The quantitative estimate of drug-likeness (QED) is 0.301. The third kappa shape index (κ3) is 3.50. The molecule has 9 heteroatoms. The number of benzene rings is 2. The van der Waals surface area contributed by atoms with Crippen LogP contribution in [0.15, 0.2) is 59.5 Å². The van der Waals surface area contributed by atoms with E-state index in [0.29, 0.717) is 6.29 Å². The van der Waals surface area contributed by atoms with Crippen LogP contribution in [0.2, 0.25) is 0 Å². The summed E-state index contributed by atoms with van der Waals surface area (Å²) in [6.07, 6.45) is 0.517. The van der Waals surface area contributed by atoms with E-state index in [1.165, 1.54) is 12.1 Å². The number of aldehydes is 1. The molecule has 0 N–H and O–H groups in total. The van der Waals surface area contributed by atoms with Crippen molar-refractivity contribution in [3.05, 3.63) is 70.3 Å². The Balaban J connectivity index is 1.74. The van der Waals surface area contributed by atoms with Crippen LogP contribution in [-0.2, 0) is 26.2 Å². The largest absolute Gasteiger partial charge is 0.375 e. The molecule has 1 saturated heterocycles. The Morgan fingerprint density at radius 3 is 2.42 bits per heavy atom. The van der Waals surface area contributed by atoms with Crippen molar-refractivity contribution in [1.82, 2.24) is 4.31 Å². The van der Waals surface area contributed by atoms with Crippen LogP contribution in [0.5, 0.6) is 0 Å². The average molecular weight is 376 g/mol. The molecule has 136 valence electrons. The van der Waals surface area contributed by atoms with Crippen LogP contribution in [0.1, 0.15) is 5.56 Å². The van der Waals surface area contributed by atoms with Crippen molar-refractivity contribution in [2.75, 3.05) is 6.61 Å². The van der Waals surface area contributed by atoms with Gasteiger partial charge in [-0.25, -0.2) is 8.42 Å². The van der Waals surface area contributed by atoms with Crippen LogP contribution in [0.3, 0.4) is 0 Å². The van der Waals surface area contributed by atoms with E-state index in [1.807, 2.05) is 30.3 Å². The number of nitro benzene ring substituents is 1. The van der Waals surface area contributed by atoms with Gasteiger partial charge in [-0.1, -0.05) is 42.5 Å². The van der Waals surface area contributed by atoms with E-state index in [-0.39, 0.29) is 13.2 Å². The normalized spacial score (nSPS) is 21.9. The summed E-state index contributed by atoms with van der Waals surface area (Å²) >= 11 is 0. The molecule has 1 aliphatic rings. The second-order valence-corrected chi connectivity index (χ2v) is 7.57. The molecule has 26 heavy (non-hydrogen) atoms. The Morgan fingerprint density at radius 1 is 1.12 bits per heavy atom. The van der Waals surface area contributed by atoms with Crippen molar-refractivity contribution < 1.29 is 22.9 Å². The number of rotatable bonds is 8. The lowest BCUT2D eigenvalue weighted by Crippen LogP contribution is -2.19. The maximum Gasteiger partial charge on any atom is 0.289 e. The molecule has 0 radical (unpaired) electrons. The van der Waals surface area contributed by atoms with E-state index in [9.17, 15) is 23.3 Å². The number of nitrogens with zero attached hydrogens (tertiary/aromatic N) is 2. The number of ether oxygens (including phenoxy) is 1. The summed E-state index contributed by atoms with van der Waals surface area (Å²) in [7, 11) is -4.17. The van der Waals surface area contributed by atoms with Gasteiger partial charge in [0, 0.05) is 6.07 Å². The number of hydrogen-bond acceptors (Lipinski definition) is 6. The van der Waals surface area contributed by atoms with Crippen LogP contribution in [0, 0.1) is 10.1 Å². The molecule has 1 fully saturated rings. The van der Waals surface area contributed by atoms with Crippen molar-refractivity contribution in [1.29, 1.82) is 0 Å². The zero-order chi connectivity index (χ0) is 18.7. The molecule has 0 amide bonds. The maximum atomic E-state index is 12.7. The molecule has 2 aromatic rings. The topological polar surface area (TPSA) is 107 Å². The molecule has 0 spiro atoms. The highest BCUT2D eigenvalue weighted by Gasteiger charge is 2.56. The van der Waals surface area contributed by atoms with Gasteiger partial charge in [0.25, 0.3) is 15.7 Å². The van der Waals surface area contributed by atoms with Gasteiger partial charge >= 0.3 is 0 Å². The first-order valence-electron chi connectivity index (χ1n) is 7.80. The summed E-state index contributed by atoms with van der Waals surface area (Å²) < 4.78 is 31.9. The lowest BCUT2D eigenvalue weighted by atomic mass is 10.2. The van der Waals surface area contributed by atoms with Gasteiger partial charge in [0.15, 0.2) is 4.90 Å². The molecule has 0 aromatic heterocycles. The van der Waals surface area contributed by atoms with Gasteiger partial charge in [-0.2, -0.15) is 4.31 Å². The van der Waals surface area contributed by atoms with E-state index < -0.39 is 37.6 Å². The second kappa shape index (κ2) is 7.32. The molecule has 1 unspecified atom stereocenters. The summed E-state index contributed by atoms with van der Waals surface area (Å²) in [5.41, 5.74) is 0.400. The molecule has 8 nitrogen and oxygen atoms in total. The molecule has 0 saturated carbocycles. The molecular formula is C17H16N2O6S. The lowest BCUT2D eigenvalue weighted by molar-refractivity contribution is -0.387. The van der Waals surface area contributed by atoms with Crippen LogP contribution in [0.4, 0.5) is 5.69 Å². The van der Waals surface area contributed by atoms with Gasteiger partial charge in [-0.15, -0.1) is 0 Å². The smallest absolute Gasteiger partial charge is 0.289 e. The average Bonchev–Trinajstić information content (AvgIpc) is 3.36. The predicted octanol–water partition coefficient (Wildman–Crippen LogP) is 1.75. The first-order valence-corrected chi connectivity index (χ1v) is 9.24. The fourth-order valence-corrected chi connectivity index (χ4v) is 4.63. The van der Waals surface area contributed by atoms with Crippen LogP contribution < -0.4 is 0 Å². The summed E-state index contributed by atoms with van der Waals surface area (Å²) in [5.74, 6) is 0. The minimum absolute atomic E-state index is 0.0260. The highest BCUT2D eigenvalue weighted by molar-refractivity contribution is 7.89. The van der Waals surface area contributed by atoms with Crippen LogP contribution in [0.25, 0.3) is 0 Å². The van der Waals surface area contributed by atoms with Crippen molar-refractivity contribution in [2.45, 2.75) is 23.6 Å². The van der Waals surface area contributed by atoms with Gasteiger partial charge in [0.05, 0.1) is 30.2 Å². The SMILES string of the molecule is O=C[C@H]1[C@@H](COCc2ccccc2)N1S(=O)(=O)c1ccccc1[N+](=O)[O-]. The third-order valence-electron chi connectivity index (χ3n) is 4.08. The molecule has 0 bridgehead atoms. The second-order valence-electron chi connectivity index (χ2n) is 5.75. The number of hydrogen-bond donors (Lipinski definition) is 0. The number of nitro groups is 1. The van der Waals surface area contributed by atoms with Crippen LogP contribution in [-0.4, -0.2) is 42.6 Å². The molecule has 3 rings (SSSR count). The summed E-state index contributed by atoms with van der Waals surface area (Å²) in [6, 6.07) is 12.8. The van der Waals surface area contributed by atoms with Gasteiger partial charge in [0.2, 0.25) is 0 Å². The van der Waals surface area contributed by atoms with Crippen molar-refractivity contribution in [3.63, 3.8) is 0 Å². The Kier molecular flexibility index (Phi) is 5.12. The van der Waals surface area contributed by atoms with E-state index in [4.69, 9.17) is 4.74 Å². The maximum absolute atomic E-state index is 12.7. The Bertz CT molecular complexity index is 916. The number of sulfonamides is 1. The Morgan fingerprint density at radius 2 is 1.77 bits per heavy atom. The fraction of sp³-hybridized carbons (Fsp3) is 0.235. The standard InChI is InChI=1S/C17H16N2O6S/c20-10-15-16(12-25-11-13-6-2-1-3-7-13)18(15)26(23,24)17-9-5-4-8-14(17)19(21)22/h1-10,15-16H,11-12H2/t15-,16+,18?/m0/s1. The summed E-state index contributed by atoms with van der Waals surface area (Å²) in [6.45, 7) is 0.306. The van der Waals surface area contributed by atoms with Crippen molar-refractivity contribution in [3.8, 4) is 0 Å². The summed E-state index contributed by atoms with van der Waals surface area (Å²) in [4.78, 5) is 21.1. The molecule has 3 atom stereocenters. The van der Waals surface area contributed by atoms with Gasteiger partial charge in [-0.3, -0.25) is 10.1 Å². The zero-order valence-electron chi connectivity index (χ0n) is 13.6. The lowest BCUT2D eigenvalue weighted by Gasteiger charge is -2.07. The Labute approximate surface area is 150 Å². The first-order chi connectivity index (χ1) is 12.5. The van der Waals surface area contributed by atoms with Gasteiger partial charge < -0.3 is 9.53 Å². The third-order valence-corrected chi connectivity index (χ3v) is 6.05. The molecule has 1 aliphatic heterocycles. The number of para-hydroxylation sites is 1. The minimum atomic E-state index is -4.17. The molecule has 1 heterocycles. The Hall–Kier alpha value is -2.62. The highest BCUT2D eigenvalue weighted by atomic mass is 32.2. The first kappa shape index (κ1) is 18.2. The summed E-state index contributed by atoms with van der Waals surface area (Å²) in [5, 5.41) is 11.1. The highest BCUT2D eigenvalue weighted by Crippen LogP contribution is 2.37. The number of carbonyl (C=O) groups excluding carboxylic acids is 1. The van der Waals surface area contributed by atoms with E-state index in [2.05, 4.69) is 0 Å². The predicted molar refractivity (Wildman–Crippen MR) is 91.9 cm³/mol. The zero-order valence-corrected chi connectivity index (χ0v) is 14.4. The van der Waals surface area contributed by atoms with Gasteiger partial charge in [-0.05, 0) is 11.6 Å².